The van der Waals surface area contributed by atoms with Crippen LogP contribution in [-0.2, 0) is 4.79 Å². The first-order valence-corrected chi connectivity index (χ1v) is 12.3. The van der Waals surface area contributed by atoms with E-state index >= 15 is 0 Å². The summed E-state index contributed by atoms with van der Waals surface area (Å²) in [4.78, 5) is 36.9. The Morgan fingerprint density at radius 2 is 1.87 bits per heavy atom. The Kier molecular flexibility index (Phi) is 5.80. The first-order chi connectivity index (χ1) is 15.1. The summed E-state index contributed by atoms with van der Waals surface area (Å²) in [6.07, 6.45) is 5.04. The maximum absolute atomic E-state index is 13.0. The van der Waals surface area contributed by atoms with Crippen LogP contribution in [0.2, 0.25) is 0 Å². The molecular weight excluding hydrogens is 408 g/mol. The third kappa shape index (κ3) is 4.26. The van der Waals surface area contributed by atoms with E-state index < -0.39 is 0 Å². The Hall–Kier alpha value is -2.25. The molecular formula is C24H30N4O2S. The van der Waals surface area contributed by atoms with Crippen LogP contribution in [0.25, 0.3) is 11.3 Å². The highest BCUT2D eigenvalue weighted by Crippen LogP contribution is 2.27. The van der Waals surface area contributed by atoms with E-state index in [9.17, 15) is 9.59 Å². The number of amides is 2. The van der Waals surface area contributed by atoms with Gasteiger partial charge in [-0.2, -0.15) is 0 Å². The number of thiazole rings is 1. The highest BCUT2D eigenvalue weighted by molar-refractivity contribution is 7.09. The van der Waals surface area contributed by atoms with Crippen LogP contribution in [0, 0.1) is 12.8 Å². The molecule has 2 aliphatic heterocycles. The Bertz CT molecular complexity index is 964. The lowest BCUT2D eigenvalue weighted by atomic mass is 9.91. The van der Waals surface area contributed by atoms with E-state index in [1.807, 2.05) is 41.5 Å². The van der Waals surface area contributed by atoms with E-state index in [2.05, 4.69) is 9.88 Å². The topological polar surface area (TPSA) is 56.8 Å². The Labute approximate surface area is 187 Å². The van der Waals surface area contributed by atoms with Gasteiger partial charge in [0.1, 0.15) is 0 Å². The highest BCUT2D eigenvalue weighted by atomic mass is 32.1. The molecule has 2 aromatic rings. The molecule has 1 saturated carbocycles. The molecule has 2 amide bonds. The number of likely N-dealkylation sites (tertiary alicyclic amines) is 1. The number of rotatable bonds is 4. The summed E-state index contributed by atoms with van der Waals surface area (Å²) in [6.45, 7) is 6.82. The molecule has 3 fully saturated rings. The molecule has 7 heteroatoms. The van der Waals surface area contributed by atoms with Gasteiger partial charge in [0.2, 0.25) is 5.91 Å². The number of carbonyl (C=O) groups excluding carboxylic acids is 2. The third-order valence-corrected chi connectivity index (χ3v) is 7.75. The lowest BCUT2D eigenvalue weighted by molar-refractivity contribution is -0.139. The number of carbonyl (C=O) groups is 2. The zero-order valence-electron chi connectivity index (χ0n) is 18.1. The molecule has 1 aliphatic carbocycles. The largest absolute Gasteiger partial charge is 0.341 e. The van der Waals surface area contributed by atoms with Crippen molar-refractivity contribution in [3.63, 3.8) is 0 Å². The number of nitrogens with zero attached hydrogens (tertiary/aromatic N) is 4. The second kappa shape index (κ2) is 8.71. The summed E-state index contributed by atoms with van der Waals surface area (Å²) >= 11 is 1.61. The fourth-order valence-corrected chi connectivity index (χ4v) is 5.45. The second-order valence-electron chi connectivity index (χ2n) is 9.04. The first-order valence-electron chi connectivity index (χ1n) is 11.4. The summed E-state index contributed by atoms with van der Waals surface area (Å²) in [7, 11) is 0. The van der Waals surface area contributed by atoms with E-state index in [-0.39, 0.29) is 17.7 Å². The van der Waals surface area contributed by atoms with Crippen LogP contribution in [-0.4, -0.2) is 76.8 Å². The molecule has 0 bridgehead atoms. The van der Waals surface area contributed by atoms with E-state index in [1.54, 1.807) is 16.2 Å². The van der Waals surface area contributed by atoms with Crippen molar-refractivity contribution in [3.8, 4) is 11.3 Å². The van der Waals surface area contributed by atoms with Gasteiger partial charge in [-0.1, -0.05) is 18.6 Å². The van der Waals surface area contributed by atoms with Crippen LogP contribution in [0.5, 0.6) is 0 Å². The summed E-state index contributed by atoms with van der Waals surface area (Å²) in [5, 5.41) is 3.03. The van der Waals surface area contributed by atoms with Gasteiger partial charge in [-0.15, -0.1) is 11.3 Å². The highest BCUT2D eigenvalue weighted by Gasteiger charge is 2.39. The maximum atomic E-state index is 13.0. The second-order valence-corrected chi connectivity index (χ2v) is 10.1. The minimum atomic E-state index is -0.0522. The normalized spacial score (nSPS) is 20.8. The van der Waals surface area contributed by atoms with E-state index in [0.717, 1.165) is 54.9 Å². The van der Waals surface area contributed by atoms with Crippen molar-refractivity contribution in [2.75, 3.05) is 39.3 Å². The lowest BCUT2D eigenvalue weighted by Gasteiger charge is -2.40. The fourth-order valence-electron chi connectivity index (χ4n) is 4.82. The summed E-state index contributed by atoms with van der Waals surface area (Å²) < 4.78 is 0. The van der Waals surface area contributed by atoms with Gasteiger partial charge in [-0.05, 0) is 38.3 Å². The summed E-state index contributed by atoms with van der Waals surface area (Å²) in [5.41, 5.74) is 2.54. The standard InChI is InChI=1S/C24H30N4O2S/c1-17-25-22(16-31-17)18-5-2-6-19(13-18)23(29)28-14-20(15-28)24(30)27-10-4-9-26(11-12-27)21-7-3-8-21/h2,5-6,13,16,20-21H,3-4,7-12,14-15H2,1H3. The van der Waals surface area contributed by atoms with Gasteiger partial charge < -0.3 is 9.80 Å². The summed E-state index contributed by atoms with van der Waals surface area (Å²) in [6, 6.07) is 8.40. The number of benzene rings is 1. The molecule has 2 saturated heterocycles. The molecule has 0 spiro atoms. The van der Waals surface area contributed by atoms with Crippen molar-refractivity contribution in [1.82, 2.24) is 19.7 Å². The summed E-state index contributed by atoms with van der Waals surface area (Å²) in [5.74, 6) is 0.180. The molecule has 0 N–H and O–H groups in total. The van der Waals surface area contributed by atoms with Gasteiger partial charge in [0.25, 0.3) is 5.91 Å². The van der Waals surface area contributed by atoms with Gasteiger partial charge in [0, 0.05) is 61.8 Å². The fraction of sp³-hybridized carbons (Fsp3) is 0.542. The van der Waals surface area contributed by atoms with Crippen LogP contribution < -0.4 is 0 Å². The van der Waals surface area contributed by atoms with Crippen LogP contribution in [0.3, 0.4) is 0 Å². The van der Waals surface area contributed by atoms with Gasteiger partial charge >= 0.3 is 0 Å². The Balaban J connectivity index is 1.16. The van der Waals surface area contributed by atoms with Crippen LogP contribution in [0.1, 0.15) is 41.0 Å². The van der Waals surface area contributed by atoms with Crippen molar-refractivity contribution >= 4 is 23.2 Å². The molecule has 0 radical (unpaired) electrons. The van der Waals surface area contributed by atoms with Crippen molar-refractivity contribution < 1.29 is 9.59 Å². The lowest BCUT2D eigenvalue weighted by Crippen LogP contribution is -2.56. The average molecular weight is 439 g/mol. The zero-order chi connectivity index (χ0) is 21.4. The molecule has 164 valence electrons. The minimum absolute atomic E-state index is 0.00452. The monoisotopic (exact) mass is 438 g/mol. The molecule has 3 aliphatic rings. The molecule has 1 aromatic carbocycles. The van der Waals surface area contributed by atoms with Crippen LogP contribution >= 0.6 is 11.3 Å². The smallest absolute Gasteiger partial charge is 0.253 e. The molecule has 3 heterocycles. The molecule has 1 aromatic heterocycles. The van der Waals surface area contributed by atoms with Crippen LogP contribution in [0.4, 0.5) is 0 Å². The minimum Gasteiger partial charge on any atom is -0.341 e. The van der Waals surface area contributed by atoms with Crippen molar-refractivity contribution in [2.45, 2.75) is 38.6 Å². The zero-order valence-corrected chi connectivity index (χ0v) is 18.9. The van der Waals surface area contributed by atoms with Crippen molar-refractivity contribution in [1.29, 1.82) is 0 Å². The number of aromatic nitrogens is 1. The Morgan fingerprint density at radius 3 is 2.58 bits per heavy atom. The first kappa shape index (κ1) is 20.6. The predicted molar refractivity (Wildman–Crippen MR) is 122 cm³/mol. The number of hydrogen-bond donors (Lipinski definition) is 0. The van der Waals surface area contributed by atoms with Gasteiger partial charge in [-0.3, -0.25) is 14.5 Å². The van der Waals surface area contributed by atoms with Crippen molar-refractivity contribution in [3.05, 3.63) is 40.2 Å². The van der Waals surface area contributed by atoms with Crippen LogP contribution in [0.15, 0.2) is 29.6 Å². The molecule has 0 unspecified atom stereocenters. The van der Waals surface area contributed by atoms with E-state index in [4.69, 9.17) is 0 Å². The van der Waals surface area contributed by atoms with E-state index in [0.29, 0.717) is 18.7 Å². The van der Waals surface area contributed by atoms with Gasteiger partial charge in [0.05, 0.1) is 16.6 Å². The molecule has 31 heavy (non-hydrogen) atoms. The number of hydrogen-bond acceptors (Lipinski definition) is 5. The quantitative estimate of drug-likeness (QED) is 0.735. The van der Waals surface area contributed by atoms with E-state index in [1.165, 1.54) is 19.3 Å². The molecule has 0 atom stereocenters. The maximum Gasteiger partial charge on any atom is 0.253 e. The third-order valence-electron chi connectivity index (χ3n) is 6.98. The predicted octanol–water partition coefficient (Wildman–Crippen LogP) is 3.28. The van der Waals surface area contributed by atoms with Crippen molar-refractivity contribution in [2.24, 2.45) is 5.92 Å². The van der Waals surface area contributed by atoms with Gasteiger partial charge in [-0.25, -0.2) is 4.98 Å². The average Bonchev–Trinajstić information content (AvgIpc) is 2.99. The molecule has 5 rings (SSSR count). The SMILES string of the molecule is Cc1nc(-c2cccc(C(=O)N3CC(C(=O)N4CCCN(C5CCC5)CC4)C3)c2)cs1. The van der Waals surface area contributed by atoms with Gasteiger partial charge in [0.15, 0.2) is 0 Å². The molecule has 6 nitrogen and oxygen atoms in total. The number of aryl methyl sites for hydroxylation is 1. The Morgan fingerprint density at radius 1 is 1.03 bits per heavy atom.